The summed E-state index contributed by atoms with van der Waals surface area (Å²) in [5.41, 5.74) is 3.56. The first kappa shape index (κ1) is 21.6. The number of nitrogens with one attached hydrogen (secondary N) is 1. The molecule has 0 saturated carbocycles. The predicted octanol–water partition coefficient (Wildman–Crippen LogP) is 5.77. The number of aromatic nitrogens is 3. The Bertz CT molecular complexity index is 1340. The molecule has 166 valence electrons. The third-order valence-corrected chi connectivity index (χ3v) is 7.07. The summed E-state index contributed by atoms with van der Waals surface area (Å²) in [6.45, 7) is 4.07. The number of aliphatic imine (C=N–C) groups is 1. The van der Waals surface area contributed by atoms with Crippen molar-refractivity contribution in [2.75, 3.05) is 5.32 Å². The van der Waals surface area contributed by atoms with Crippen molar-refractivity contribution in [3.8, 4) is 5.00 Å². The fraction of sp³-hybridized carbons (Fsp3) is 0.200. The number of benzene rings is 2. The van der Waals surface area contributed by atoms with Crippen LogP contribution < -0.4 is 5.32 Å². The second kappa shape index (κ2) is 8.92. The molecule has 0 radical (unpaired) electrons. The van der Waals surface area contributed by atoms with Crippen LogP contribution in [0.1, 0.15) is 47.0 Å². The van der Waals surface area contributed by atoms with Gasteiger partial charge in [-0.15, -0.1) is 21.5 Å². The van der Waals surface area contributed by atoms with Crippen molar-refractivity contribution < 1.29 is 4.79 Å². The molecule has 0 bridgehead atoms. The van der Waals surface area contributed by atoms with Crippen LogP contribution in [0.25, 0.3) is 5.00 Å². The molecular formula is C25H22ClN5OS. The van der Waals surface area contributed by atoms with Gasteiger partial charge in [0, 0.05) is 26.7 Å². The Labute approximate surface area is 201 Å². The van der Waals surface area contributed by atoms with E-state index in [1.807, 2.05) is 66.1 Å². The number of aryl methyl sites for hydroxylation is 2. The van der Waals surface area contributed by atoms with Crippen LogP contribution in [-0.2, 0) is 11.2 Å². The molecule has 8 heteroatoms. The minimum atomic E-state index is -0.481. The Hall–Kier alpha value is -3.29. The van der Waals surface area contributed by atoms with Gasteiger partial charge in [0.1, 0.15) is 16.9 Å². The van der Waals surface area contributed by atoms with Gasteiger partial charge in [0.2, 0.25) is 5.91 Å². The van der Waals surface area contributed by atoms with Crippen molar-refractivity contribution in [3.05, 3.63) is 93.3 Å². The van der Waals surface area contributed by atoms with Gasteiger partial charge in [0.05, 0.1) is 12.1 Å². The average Bonchev–Trinajstić information content (AvgIpc) is 3.38. The molecule has 0 aliphatic carbocycles. The van der Waals surface area contributed by atoms with Gasteiger partial charge in [-0.3, -0.25) is 14.4 Å². The van der Waals surface area contributed by atoms with Crippen LogP contribution in [0.3, 0.4) is 0 Å². The van der Waals surface area contributed by atoms with Crippen LogP contribution in [-0.4, -0.2) is 26.4 Å². The molecule has 0 fully saturated rings. The maximum Gasteiger partial charge on any atom is 0.227 e. The molecule has 0 saturated heterocycles. The number of carbonyl (C=O) groups is 1. The van der Waals surface area contributed by atoms with E-state index in [9.17, 15) is 4.79 Å². The summed E-state index contributed by atoms with van der Waals surface area (Å²) in [5, 5.41) is 13.4. The zero-order valence-corrected chi connectivity index (χ0v) is 19.8. The molecule has 2 aromatic carbocycles. The Morgan fingerprint density at radius 2 is 1.88 bits per heavy atom. The number of hydrogen-bond acceptors (Lipinski definition) is 5. The van der Waals surface area contributed by atoms with E-state index in [-0.39, 0.29) is 12.3 Å². The van der Waals surface area contributed by atoms with Crippen LogP contribution in [0.2, 0.25) is 5.02 Å². The molecule has 5 rings (SSSR count). The smallest absolute Gasteiger partial charge is 0.227 e. The summed E-state index contributed by atoms with van der Waals surface area (Å²) in [4.78, 5) is 19.3. The Morgan fingerprint density at radius 1 is 1.12 bits per heavy atom. The number of anilines is 1. The topological polar surface area (TPSA) is 72.2 Å². The maximum atomic E-state index is 13.0. The second-order valence-corrected chi connectivity index (χ2v) is 9.40. The van der Waals surface area contributed by atoms with Crippen LogP contribution >= 0.6 is 22.9 Å². The van der Waals surface area contributed by atoms with Crippen LogP contribution in [0, 0.1) is 6.92 Å². The molecule has 1 aliphatic rings. The van der Waals surface area contributed by atoms with Crippen molar-refractivity contribution in [1.29, 1.82) is 0 Å². The number of halogens is 1. The lowest BCUT2D eigenvalue weighted by atomic mass is 10.0. The summed E-state index contributed by atoms with van der Waals surface area (Å²) in [7, 11) is 0. The van der Waals surface area contributed by atoms with Gasteiger partial charge in [-0.2, -0.15) is 0 Å². The number of amides is 1. The van der Waals surface area contributed by atoms with Gasteiger partial charge < -0.3 is 5.32 Å². The van der Waals surface area contributed by atoms with E-state index in [0.29, 0.717) is 10.8 Å². The van der Waals surface area contributed by atoms with Crippen LogP contribution in [0.4, 0.5) is 5.69 Å². The van der Waals surface area contributed by atoms with Gasteiger partial charge in [0.25, 0.3) is 0 Å². The summed E-state index contributed by atoms with van der Waals surface area (Å²) >= 11 is 7.86. The molecule has 0 spiro atoms. The number of hydrogen-bond donors (Lipinski definition) is 1. The molecule has 3 heterocycles. The lowest BCUT2D eigenvalue weighted by molar-refractivity contribution is -0.116. The van der Waals surface area contributed by atoms with Crippen molar-refractivity contribution in [2.24, 2.45) is 4.99 Å². The van der Waals surface area contributed by atoms with E-state index in [1.54, 1.807) is 11.3 Å². The van der Waals surface area contributed by atoms with Gasteiger partial charge in [0.15, 0.2) is 5.82 Å². The van der Waals surface area contributed by atoms with Crippen molar-refractivity contribution in [3.63, 3.8) is 0 Å². The molecule has 1 amide bonds. The minimum absolute atomic E-state index is 0.128. The Kier molecular flexibility index (Phi) is 5.83. The normalized spacial score (nSPS) is 14.8. The molecule has 1 N–H and O–H groups in total. The SMILES string of the molecule is CCc1cc2c(s1)-n1c(C)nnc1C(CC(=O)Nc1ccccc1)N=C2c1ccc(Cl)cc1. The number of fused-ring (bicyclic) bond motifs is 3. The molecule has 33 heavy (non-hydrogen) atoms. The summed E-state index contributed by atoms with van der Waals surface area (Å²) in [5.74, 6) is 1.32. The average molecular weight is 476 g/mol. The van der Waals surface area contributed by atoms with Gasteiger partial charge in [-0.1, -0.05) is 48.9 Å². The highest BCUT2D eigenvalue weighted by atomic mass is 35.5. The third kappa shape index (κ3) is 4.21. The standard InChI is InChI=1S/C25H22ClN5OS/c1-3-19-13-20-23(16-9-11-17(26)12-10-16)28-21(14-22(32)27-18-7-5-4-6-8-18)24-30-29-15(2)31(24)25(20)33-19/h4-13,21H,3,14H2,1-2H3,(H,27,32). The molecule has 4 aromatic rings. The lowest BCUT2D eigenvalue weighted by Crippen LogP contribution is -2.17. The summed E-state index contributed by atoms with van der Waals surface area (Å²) in [6.07, 6.45) is 1.07. The van der Waals surface area contributed by atoms with E-state index in [2.05, 4.69) is 28.5 Å². The first-order chi connectivity index (χ1) is 16.0. The van der Waals surface area contributed by atoms with Gasteiger partial charge in [-0.05, 0) is 43.7 Å². The first-order valence-corrected chi connectivity index (χ1v) is 12.0. The van der Waals surface area contributed by atoms with E-state index in [1.165, 1.54) is 4.88 Å². The van der Waals surface area contributed by atoms with Crippen molar-refractivity contribution in [2.45, 2.75) is 32.7 Å². The quantitative estimate of drug-likeness (QED) is 0.398. The minimum Gasteiger partial charge on any atom is -0.326 e. The lowest BCUT2D eigenvalue weighted by Gasteiger charge is -2.13. The highest BCUT2D eigenvalue weighted by molar-refractivity contribution is 7.15. The van der Waals surface area contributed by atoms with Gasteiger partial charge in [-0.25, -0.2) is 0 Å². The Balaban J connectivity index is 1.61. The molecular weight excluding hydrogens is 454 g/mol. The van der Waals surface area contributed by atoms with E-state index in [0.717, 1.165) is 39.8 Å². The van der Waals surface area contributed by atoms with E-state index >= 15 is 0 Å². The number of nitrogens with zero attached hydrogens (tertiary/aromatic N) is 4. The number of para-hydroxylation sites is 1. The zero-order valence-electron chi connectivity index (χ0n) is 18.2. The number of rotatable bonds is 5. The largest absolute Gasteiger partial charge is 0.326 e. The molecule has 1 unspecified atom stereocenters. The Morgan fingerprint density at radius 3 is 2.61 bits per heavy atom. The number of carbonyl (C=O) groups excluding carboxylic acids is 1. The summed E-state index contributed by atoms with van der Waals surface area (Å²) < 4.78 is 2.05. The monoisotopic (exact) mass is 475 g/mol. The van der Waals surface area contributed by atoms with Crippen molar-refractivity contribution in [1.82, 2.24) is 14.8 Å². The van der Waals surface area contributed by atoms with Crippen LogP contribution in [0.5, 0.6) is 0 Å². The van der Waals surface area contributed by atoms with Crippen LogP contribution in [0.15, 0.2) is 65.7 Å². The second-order valence-electron chi connectivity index (χ2n) is 7.84. The maximum absolute atomic E-state index is 13.0. The molecule has 2 aromatic heterocycles. The summed E-state index contributed by atoms with van der Waals surface area (Å²) in [6, 6.07) is 18.8. The molecule has 6 nitrogen and oxygen atoms in total. The highest BCUT2D eigenvalue weighted by Gasteiger charge is 2.31. The molecule has 1 atom stereocenters. The number of thiophene rings is 1. The van der Waals surface area contributed by atoms with E-state index < -0.39 is 6.04 Å². The fourth-order valence-corrected chi connectivity index (χ4v) is 5.23. The van der Waals surface area contributed by atoms with E-state index in [4.69, 9.17) is 16.6 Å². The van der Waals surface area contributed by atoms with Crippen molar-refractivity contribution >= 4 is 40.2 Å². The van der Waals surface area contributed by atoms with Gasteiger partial charge >= 0.3 is 0 Å². The highest BCUT2D eigenvalue weighted by Crippen LogP contribution is 2.37. The fourth-order valence-electron chi connectivity index (χ4n) is 3.95. The predicted molar refractivity (Wildman–Crippen MR) is 133 cm³/mol. The zero-order chi connectivity index (χ0) is 22.9. The first-order valence-electron chi connectivity index (χ1n) is 10.8. The molecule has 1 aliphatic heterocycles. The third-order valence-electron chi connectivity index (χ3n) is 5.56.